The maximum atomic E-state index is 13.0. The van der Waals surface area contributed by atoms with Gasteiger partial charge in [0.25, 0.3) is 11.8 Å². The Morgan fingerprint density at radius 3 is 2.64 bits per heavy atom. The quantitative estimate of drug-likeness (QED) is 0.579. The lowest BCUT2D eigenvalue weighted by Crippen LogP contribution is -2.41. The van der Waals surface area contributed by atoms with Crippen LogP contribution in [0.25, 0.3) is 0 Å². The summed E-state index contributed by atoms with van der Waals surface area (Å²) in [6.45, 7) is 1.22. The molecule has 2 aromatic carbocycles. The van der Waals surface area contributed by atoms with Crippen LogP contribution in [0.2, 0.25) is 0 Å². The van der Waals surface area contributed by atoms with Gasteiger partial charge in [0.1, 0.15) is 0 Å². The van der Waals surface area contributed by atoms with Gasteiger partial charge in [-0.05, 0) is 43.3 Å². The van der Waals surface area contributed by atoms with Gasteiger partial charge in [-0.25, -0.2) is 4.79 Å². The van der Waals surface area contributed by atoms with E-state index >= 15 is 0 Å². The van der Waals surface area contributed by atoms with Crippen molar-refractivity contribution in [2.24, 2.45) is 0 Å². The van der Waals surface area contributed by atoms with E-state index in [1.54, 1.807) is 55.5 Å². The van der Waals surface area contributed by atoms with Crippen LogP contribution in [0.3, 0.4) is 0 Å². The van der Waals surface area contributed by atoms with Gasteiger partial charge in [0.2, 0.25) is 5.91 Å². The normalized spacial score (nSPS) is 15.1. The fraction of sp³-hybridized carbons (Fsp3) is 0.167. The number of amides is 3. The van der Waals surface area contributed by atoms with Crippen molar-refractivity contribution < 1.29 is 28.3 Å². The summed E-state index contributed by atoms with van der Waals surface area (Å²) in [5.74, 6) is -1.89. The Morgan fingerprint density at radius 2 is 1.85 bits per heavy atom. The number of carbonyl (C=O) groups is 4. The highest BCUT2D eigenvalue weighted by Crippen LogP contribution is 2.31. The van der Waals surface area contributed by atoms with Gasteiger partial charge < -0.3 is 24.7 Å². The van der Waals surface area contributed by atoms with E-state index in [1.165, 1.54) is 23.3 Å². The van der Waals surface area contributed by atoms with Crippen LogP contribution in [-0.2, 0) is 14.3 Å². The Kier molecular flexibility index (Phi) is 6.21. The molecule has 0 unspecified atom stereocenters. The minimum atomic E-state index is -0.774. The highest BCUT2D eigenvalue weighted by Gasteiger charge is 2.30. The predicted molar refractivity (Wildman–Crippen MR) is 120 cm³/mol. The first-order valence-corrected chi connectivity index (χ1v) is 10.3. The number of furan rings is 1. The van der Waals surface area contributed by atoms with E-state index in [9.17, 15) is 19.2 Å². The lowest BCUT2D eigenvalue weighted by atomic mass is 10.1. The zero-order valence-electron chi connectivity index (χ0n) is 17.7. The fourth-order valence-electron chi connectivity index (χ4n) is 3.60. The smallest absolute Gasteiger partial charge is 0.340 e. The molecule has 2 heterocycles. The summed E-state index contributed by atoms with van der Waals surface area (Å²) in [5, 5.41) is 5.38. The highest BCUT2D eigenvalue weighted by atomic mass is 16.5. The number of rotatable bonds is 5. The van der Waals surface area contributed by atoms with Gasteiger partial charge in [-0.1, -0.05) is 24.3 Å². The number of esters is 1. The van der Waals surface area contributed by atoms with E-state index in [1.807, 2.05) is 0 Å². The van der Waals surface area contributed by atoms with E-state index in [2.05, 4.69) is 10.6 Å². The number of ether oxygens (including phenoxy) is 1. The Morgan fingerprint density at radius 1 is 1.09 bits per heavy atom. The second kappa shape index (κ2) is 9.39. The first kappa shape index (κ1) is 21.8. The lowest BCUT2D eigenvalue weighted by Gasteiger charge is -2.27. The first-order chi connectivity index (χ1) is 15.9. The van der Waals surface area contributed by atoms with Crippen molar-refractivity contribution in [3.8, 4) is 0 Å². The van der Waals surface area contributed by atoms with Crippen LogP contribution in [0, 0.1) is 0 Å². The summed E-state index contributed by atoms with van der Waals surface area (Å²) in [5.41, 5.74) is 1.35. The SMILES string of the molecule is C[C@H]1CC(=O)Nc2ccccc2N1C(=O)COC(=O)c1ccccc1NC(=O)c1ccco1. The molecule has 9 heteroatoms. The third-order valence-electron chi connectivity index (χ3n) is 5.09. The monoisotopic (exact) mass is 447 g/mol. The number of nitrogens with zero attached hydrogens (tertiary/aromatic N) is 1. The Hall–Kier alpha value is -4.40. The highest BCUT2D eigenvalue weighted by molar-refractivity contribution is 6.08. The molecule has 1 aromatic heterocycles. The maximum Gasteiger partial charge on any atom is 0.340 e. The average Bonchev–Trinajstić information content (AvgIpc) is 3.30. The largest absolute Gasteiger partial charge is 0.459 e. The molecule has 1 aliphatic heterocycles. The van der Waals surface area contributed by atoms with Gasteiger partial charge in [0, 0.05) is 12.5 Å². The lowest BCUT2D eigenvalue weighted by molar-refractivity contribution is -0.122. The van der Waals surface area contributed by atoms with Crippen molar-refractivity contribution in [1.82, 2.24) is 0 Å². The first-order valence-electron chi connectivity index (χ1n) is 10.3. The molecule has 1 atom stereocenters. The van der Waals surface area contributed by atoms with Gasteiger partial charge in [0.05, 0.1) is 28.9 Å². The van der Waals surface area contributed by atoms with Crippen LogP contribution >= 0.6 is 0 Å². The standard InChI is InChI=1S/C24H21N3O6/c1-15-13-21(28)25-18-9-4-5-10-19(18)27(15)22(29)14-33-24(31)16-7-2-3-8-17(16)26-23(30)20-11-6-12-32-20/h2-12,15H,13-14H2,1H3,(H,25,28)(H,26,30)/t15-/m0/s1. The topological polar surface area (TPSA) is 118 Å². The molecule has 0 spiro atoms. The number of fused-ring (bicyclic) bond motifs is 1. The van der Waals surface area contributed by atoms with E-state index in [-0.39, 0.29) is 29.3 Å². The predicted octanol–water partition coefficient (Wildman–Crippen LogP) is 3.45. The minimum absolute atomic E-state index is 0.0883. The zero-order chi connectivity index (χ0) is 23.4. The minimum Gasteiger partial charge on any atom is -0.459 e. The molecular formula is C24H21N3O6. The molecular weight excluding hydrogens is 426 g/mol. The third kappa shape index (κ3) is 4.77. The van der Waals surface area contributed by atoms with Gasteiger partial charge in [0.15, 0.2) is 12.4 Å². The second-order valence-electron chi connectivity index (χ2n) is 7.44. The van der Waals surface area contributed by atoms with Crippen LogP contribution in [-0.4, -0.2) is 36.3 Å². The Labute approximate surface area is 189 Å². The van der Waals surface area contributed by atoms with Crippen molar-refractivity contribution >= 4 is 40.8 Å². The molecule has 0 aliphatic carbocycles. The third-order valence-corrected chi connectivity index (χ3v) is 5.09. The average molecular weight is 447 g/mol. The number of hydrogen-bond acceptors (Lipinski definition) is 6. The molecule has 9 nitrogen and oxygen atoms in total. The molecule has 0 bridgehead atoms. The number of hydrogen-bond donors (Lipinski definition) is 2. The van der Waals surface area contributed by atoms with Crippen LogP contribution in [0.5, 0.6) is 0 Å². The van der Waals surface area contributed by atoms with Crippen LogP contribution < -0.4 is 15.5 Å². The van der Waals surface area contributed by atoms with Gasteiger partial charge in [-0.15, -0.1) is 0 Å². The molecule has 3 amide bonds. The molecule has 1 aliphatic rings. The van der Waals surface area contributed by atoms with Gasteiger partial charge in [-0.3, -0.25) is 14.4 Å². The van der Waals surface area contributed by atoms with E-state index in [0.29, 0.717) is 11.4 Å². The maximum absolute atomic E-state index is 13.0. The number of anilines is 3. The molecule has 33 heavy (non-hydrogen) atoms. The number of nitrogens with one attached hydrogen (secondary N) is 2. The molecule has 4 rings (SSSR count). The van der Waals surface area contributed by atoms with E-state index in [0.717, 1.165) is 0 Å². The van der Waals surface area contributed by atoms with Crippen molar-refractivity contribution in [2.75, 3.05) is 22.1 Å². The fourth-order valence-corrected chi connectivity index (χ4v) is 3.60. The molecule has 0 saturated heterocycles. The van der Waals surface area contributed by atoms with Crippen LogP contribution in [0.15, 0.2) is 71.3 Å². The summed E-state index contributed by atoms with van der Waals surface area (Å²) in [6.07, 6.45) is 1.47. The molecule has 2 N–H and O–H groups in total. The second-order valence-corrected chi connectivity index (χ2v) is 7.44. The molecule has 0 fully saturated rings. The summed E-state index contributed by atoms with van der Waals surface area (Å²) < 4.78 is 10.3. The van der Waals surface area contributed by atoms with E-state index < -0.39 is 30.4 Å². The van der Waals surface area contributed by atoms with Crippen LogP contribution in [0.1, 0.15) is 34.3 Å². The van der Waals surface area contributed by atoms with Crippen molar-refractivity contribution in [1.29, 1.82) is 0 Å². The molecule has 3 aromatic rings. The molecule has 0 radical (unpaired) electrons. The Bertz CT molecular complexity index is 1200. The number of carbonyl (C=O) groups excluding carboxylic acids is 4. The van der Waals surface area contributed by atoms with Gasteiger partial charge in [-0.2, -0.15) is 0 Å². The van der Waals surface area contributed by atoms with Crippen LogP contribution in [0.4, 0.5) is 17.1 Å². The number of para-hydroxylation sites is 3. The number of benzene rings is 2. The molecule has 0 saturated carbocycles. The van der Waals surface area contributed by atoms with Crippen molar-refractivity contribution in [3.63, 3.8) is 0 Å². The van der Waals surface area contributed by atoms with Crippen molar-refractivity contribution in [2.45, 2.75) is 19.4 Å². The van der Waals surface area contributed by atoms with Crippen molar-refractivity contribution in [3.05, 3.63) is 78.3 Å². The Balaban J connectivity index is 1.48. The summed E-state index contributed by atoms with van der Waals surface area (Å²) in [6, 6.07) is 15.9. The van der Waals surface area contributed by atoms with Gasteiger partial charge >= 0.3 is 5.97 Å². The summed E-state index contributed by atoms with van der Waals surface area (Å²) in [7, 11) is 0. The summed E-state index contributed by atoms with van der Waals surface area (Å²) >= 11 is 0. The summed E-state index contributed by atoms with van der Waals surface area (Å²) in [4.78, 5) is 51.6. The van der Waals surface area contributed by atoms with E-state index in [4.69, 9.17) is 9.15 Å². The zero-order valence-corrected chi connectivity index (χ0v) is 17.7. The molecule has 168 valence electrons.